The van der Waals surface area contributed by atoms with Gasteiger partial charge in [0.25, 0.3) is 0 Å². The van der Waals surface area contributed by atoms with Gasteiger partial charge in [-0.25, -0.2) is 4.79 Å². The van der Waals surface area contributed by atoms with E-state index in [4.69, 9.17) is 36.8 Å². The van der Waals surface area contributed by atoms with Crippen molar-refractivity contribution in [1.82, 2.24) is 10.1 Å². The second-order valence-electron chi connectivity index (χ2n) is 10.3. The maximum absolute atomic E-state index is 13.1. The summed E-state index contributed by atoms with van der Waals surface area (Å²) in [5.41, 5.74) is 7.83. The number of hydrogen-bond donors (Lipinski definition) is 2. The zero-order valence-corrected chi connectivity index (χ0v) is 24.1. The van der Waals surface area contributed by atoms with Crippen molar-refractivity contribution in [2.75, 3.05) is 14.2 Å². The first-order valence-electron chi connectivity index (χ1n) is 11.3. The fraction of sp³-hybridized carbons (Fsp3) is 0.583. The highest BCUT2D eigenvalue weighted by Gasteiger charge is 2.44. The van der Waals surface area contributed by atoms with Crippen LogP contribution in [0.5, 0.6) is 11.5 Å². The lowest BCUT2D eigenvalue weighted by Gasteiger charge is -2.39. The summed E-state index contributed by atoms with van der Waals surface area (Å²) in [5, 5.41) is 3.65. The average Bonchev–Trinajstić information content (AvgIpc) is 3.16. The van der Waals surface area contributed by atoms with Gasteiger partial charge in [-0.3, -0.25) is 4.79 Å². The molecule has 1 aromatic carbocycles. The number of ketones is 1. The van der Waals surface area contributed by atoms with Gasteiger partial charge in [-0.1, -0.05) is 25.9 Å². The average molecular weight is 524 g/mol. The first kappa shape index (κ1) is 28.9. The topological polar surface area (TPSA) is 127 Å². The van der Waals surface area contributed by atoms with Gasteiger partial charge in [0.05, 0.1) is 30.6 Å². The van der Waals surface area contributed by atoms with Gasteiger partial charge in [-0.05, 0) is 45.3 Å². The maximum Gasteiger partial charge on any atom is 0.338 e. The molecule has 1 heterocycles. The molecule has 0 radical (unpaired) electrons. The Morgan fingerprint density at radius 1 is 1.20 bits per heavy atom. The summed E-state index contributed by atoms with van der Waals surface area (Å²) < 4.78 is 22.6. The molecule has 194 valence electrons. The number of Topliss-reactive ketones (excluding diaryl/α,β-unsaturated/α-hetero) is 1. The number of nitrogens with two attached hydrogens (primary N) is 1. The minimum Gasteiger partial charge on any atom is -0.543 e. The molecule has 0 amide bonds. The van der Waals surface area contributed by atoms with Crippen molar-refractivity contribution >= 4 is 32.7 Å². The molecule has 2 atom stereocenters. The fourth-order valence-electron chi connectivity index (χ4n) is 3.51. The molecule has 1 aromatic heterocycles. The third-order valence-corrected chi connectivity index (χ3v) is 11.3. The number of esters is 1. The largest absolute Gasteiger partial charge is 0.543 e. The number of aromatic nitrogens is 2. The van der Waals surface area contributed by atoms with Gasteiger partial charge in [-0.2, -0.15) is 17.6 Å². The van der Waals surface area contributed by atoms with Crippen LogP contribution in [0.15, 0.2) is 10.6 Å². The van der Waals surface area contributed by atoms with Gasteiger partial charge in [-0.15, -0.1) is 0 Å². The number of benzene rings is 1. The summed E-state index contributed by atoms with van der Waals surface area (Å²) >= 11 is 4.80. The molecule has 35 heavy (non-hydrogen) atoms. The number of ether oxygens (including phenoxy) is 2. The molecule has 0 aliphatic rings. The molecular formula is C24H37N3O6SSi. The Labute approximate surface area is 213 Å². The number of carbonyl (C=O) groups excluding carboxylic acids is 2. The van der Waals surface area contributed by atoms with E-state index in [1.54, 1.807) is 19.9 Å². The Bertz CT molecular complexity index is 1110. The van der Waals surface area contributed by atoms with Crippen LogP contribution in [0.1, 0.15) is 73.2 Å². The number of hydrogen-bond acceptors (Lipinski definition) is 10. The van der Waals surface area contributed by atoms with Crippen LogP contribution in [-0.2, 0) is 14.4 Å². The number of rotatable bonds is 9. The SMILES string of the molecule is COC(=O)c1c(C)c(OC)cc(O[Si](C)(C)C(C)(C)C)c1[C@](N)(S)CC(C(C)=O)c1nc(C)no1. The molecule has 9 nitrogen and oxygen atoms in total. The normalized spacial score (nSPS) is 14.7. The molecule has 0 aliphatic carbocycles. The van der Waals surface area contributed by atoms with Crippen molar-refractivity contribution in [2.45, 2.75) is 76.9 Å². The van der Waals surface area contributed by atoms with E-state index in [0.717, 1.165) is 0 Å². The highest BCUT2D eigenvalue weighted by Crippen LogP contribution is 2.47. The minimum atomic E-state index is -2.40. The summed E-state index contributed by atoms with van der Waals surface area (Å²) in [4.78, 5) is 28.4. The van der Waals surface area contributed by atoms with Gasteiger partial charge in [0.15, 0.2) is 5.82 Å². The van der Waals surface area contributed by atoms with Crippen molar-refractivity contribution in [2.24, 2.45) is 5.73 Å². The summed E-state index contributed by atoms with van der Waals surface area (Å²) in [5.74, 6) is -0.348. The number of aryl methyl sites for hydroxylation is 1. The second kappa shape index (κ2) is 10.3. The van der Waals surface area contributed by atoms with Crippen LogP contribution in [0.3, 0.4) is 0 Å². The number of nitrogens with zero attached hydrogens (tertiary/aromatic N) is 2. The fourth-order valence-corrected chi connectivity index (χ4v) is 4.94. The molecule has 2 rings (SSSR count). The summed E-state index contributed by atoms with van der Waals surface area (Å²) in [7, 11) is 0.396. The van der Waals surface area contributed by atoms with Crippen LogP contribution in [-0.4, -0.2) is 44.4 Å². The highest BCUT2D eigenvalue weighted by molar-refractivity contribution is 7.81. The standard InChI is InChI=1S/C24H37N3O6SSi/c1-13-17(30-7)11-18(33-35(9,10)23(4,5)6)20(19(13)22(29)31-8)24(25,34)12-16(14(2)28)21-26-15(3)27-32-21/h11,16,34H,12,25H2,1-10H3/t16?,24-/m1/s1. The highest BCUT2D eigenvalue weighted by atomic mass is 32.1. The second-order valence-corrected chi connectivity index (χ2v) is 15.8. The van der Waals surface area contributed by atoms with Crippen LogP contribution in [0.4, 0.5) is 0 Å². The van der Waals surface area contributed by atoms with Crippen molar-refractivity contribution in [3.8, 4) is 11.5 Å². The third kappa shape index (κ3) is 6.07. The summed E-state index contributed by atoms with van der Waals surface area (Å²) in [6, 6.07) is 1.72. The monoisotopic (exact) mass is 523 g/mol. The number of carbonyl (C=O) groups is 2. The first-order valence-corrected chi connectivity index (χ1v) is 14.6. The summed E-state index contributed by atoms with van der Waals surface area (Å²) in [6.07, 6.45) is -0.0310. The Balaban J connectivity index is 2.82. The molecular weight excluding hydrogens is 486 g/mol. The number of thiol groups is 1. The minimum absolute atomic E-state index is 0.0310. The molecule has 0 fully saturated rings. The number of methoxy groups -OCH3 is 2. The molecule has 11 heteroatoms. The lowest BCUT2D eigenvalue weighted by molar-refractivity contribution is -0.119. The van der Waals surface area contributed by atoms with E-state index >= 15 is 0 Å². The van der Waals surface area contributed by atoms with E-state index in [-0.39, 0.29) is 28.7 Å². The Morgan fingerprint density at radius 3 is 2.23 bits per heavy atom. The molecule has 0 bridgehead atoms. The molecule has 0 spiro atoms. The van der Waals surface area contributed by atoms with Crippen molar-refractivity contribution in [1.29, 1.82) is 0 Å². The van der Waals surface area contributed by atoms with Crippen LogP contribution < -0.4 is 14.9 Å². The molecule has 0 saturated heterocycles. The smallest absolute Gasteiger partial charge is 0.338 e. The van der Waals surface area contributed by atoms with Gasteiger partial charge in [0.2, 0.25) is 14.2 Å². The third-order valence-electron chi connectivity index (χ3n) is 6.56. The molecule has 2 aromatic rings. The Hall–Kier alpha value is -2.37. The van der Waals surface area contributed by atoms with Crippen LogP contribution in [0.2, 0.25) is 18.1 Å². The van der Waals surface area contributed by atoms with Crippen LogP contribution in [0, 0.1) is 13.8 Å². The van der Waals surface area contributed by atoms with Crippen LogP contribution >= 0.6 is 12.6 Å². The lowest BCUT2D eigenvalue weighted by atomic mass is 9.87. The lowest BCUT2D eigenvalue weighted by Crippen LogP contribution is -2.45. The Kier molecular flexibility index (Phi) is 8.51. The predicted octanol–water partition coefficient (Wildman–Crippen LogP) is 4.67. The van der Waals surface area contributed by atoms with E-state index in [2.05, 4.69) is 44.0 Å². The van der Waals surface area contributed by atoms with Crippen molar-refractivity contribution in [3.63, 3.8) is 0 Å². The van der Waals surface area contributed by atoms with Gasteiger partial charge < -0.3 is 24.2 Å². The van der Waals surface area contributed by atoms with E-state index in [9.17, 15) is 9.59 Å². The van der Waals surface area contributed by atoms with E-state index < -0.39 is 25.1 Å². The van der Waals surface area contributed by atoms with E-state index in [0.29, 0.717) is 28.5 Å². The van der Waals surface area contributed by atoms with Gasteiger partial charge in [0.1, 0.15) is 17.3 Å². The molecule has 0 aliphatic heterocycles. The first-order chi connectivity index (χ1) is 16.0. The van der Waals surface area contributed by atoms with Crippen LogP contribution in [0.25, 0.3) is 0 Å². The van der Waals surface area contributed by atoms with Gasteiger partial charge >= 0.3 is 5.97 Å². The Morgan fingerprint density at radius 2 is 1.80 bits per heavy atom. The quantitative estimate of drug-likeness (QED) is 0.209. The zero-order chi connectivity index (χ0) is 26.9. The van der Waals surface area contributed by atoms with Crippen molar-refractivity contribution in [3.05, 3.63) is 34.5 Å². The van der Waals surface area contributed by atoms with Gasteiger partial charge in [0, 0.05) is 17.2 Å². The zero-order valence-electron chi connectivity index (χ0n) is 22.2. The molecule has 0 saturated carbocycles. The van der Waals surface area contributed by atoms with E-state index in [1.807, 2.05) is 0 Å². The summed E-state index contributed by atoms with van der Waals surface area (Å²) in [6.45, 7) is 15.3. The predicted molar refractivity (Wildman–Crippen MR) is 139 cm³/mol. The van der Waals surface area contributed by atoms with Crippen molar-refractivity contribution < 1.29 is 28.0 Å². The molecule has 1 unspecified atom stereocenters. The van der Waals surface area contributed by atoms with E-state index in [1.165, 1.54) is 21.1 Å². The maximum atomic E-state index is 13.1. The molecule has 2 N–H and O–H groups in total.